The number of carbonyl (C=O) groups excluding carboxylic acids is 1. The topological polar surface area (TPSA) is 63.2 Å². The number of benzene rings is 2. The third-order valence-corrected chi connectivity index (χ3v) is 5.53. The molecule has 1 amide bonds. The van der Waals surface area contributed by atoms with Gasteiger partial charge in [-0.1, -0.05) is 12.1 Å². The third kappa shape index (κ3) is 2.62. The summed E-state index contributed by atoms with van der Waals surface area (Å²) in [7, 11) is -3.25. The minimum atomic E-state index is -3.25. The number of hydrogen-bond donors (Lipinski definition) is 1. The molecule has 0 saturated carbocycles. The molecule has 1 aliphatic rings. The molecule has 2 aromatic carbocycles. The predicted octanol–water partition coefficient (Wildman–Crippen LogP) is 2.72. The van der Waals surface area contributed by atoms with Gasteiger partial charge in [0.2, 0.25) is 0 Å². The number of amides is 1. The lowest BCUT2D eigenvalue weighted by Gasteiger charge is -2.08. The summed E-state index contributed by atoms with van der Waals surface area (Å²) in [6, 6.07) is 9.03. The zero-order chi connectivity index (χ0) is 15.9. The highest BCUT2D eigenvalue weighted by Crippen LogP contribution is 2.28. The largest absolute Gasteiger partial charge is 0.322 e. The number of carbonyl (C=O) groups is 1. The number of sulfone groups is 1. The van der Waals surface area contributed by atoms with Crippen LogP contribution in [0.1, 0.15) is 21.5 Å². The molecule has 1 N–H and O–H groups in total. The van der Waals surface area contributed by atoms with Gasteiger partial charge in [-0.3, -0.25) is 4.79 Å². The van der Waals surface area contributed by atoms with E-state index in [0.29, 0.717) is 17.7 Å². The third-order valence-electron chi connectivity index (χ3n) is 3.73. The van der Waals surface area contributed by atoms with Gasteiger partial charge in [-0.25, -0.2) is 12.8 Å². The van der Waals surface area contributed by atoms with Crippen molar-refractivity contribution in [1.29, 1.82) is 0 Å². The molecule has 0 aromatic heterocycles. The highest BCUT2D eigenvalue weighted by molar-refractivity contribution is 7.91. The standard InChI is InChI=1S/C16H14FNO3S/c1-10-2-3-12(8-14(10)17)16(19)18-13-5-4-11-6-7-22(20,21)15(11)9-13/h2-5,8-9H,6-7H2,1H3,(H,18,19). The molecule has 0 atom stereocenters. The number of fused-ring (bicyclic) bond motifs is 1. The smallest absolute Gasteiger partial charge is 0.255 e. The van der Waals surface area contributed by atoms with Crippen LogP contribution in [0.5, 0.6) is 0 Å². The van der Waals surface area contributed by atoms with Gasteiger partial charge >= 0.3 is 0 Å². The highest BCUT2D eigenvalue weighted by Gasteiger charge is 2.26. The van der Waals surface area contributed by atoms with Crippen LogP contribution >= 0.6 is 0 Å². The van der Waals surface area contributed by atoms with Crippen molar-refractivity contribution in [2.75, 3.05) is 11.1 Å². The Balaban J connectivity index is 1.88. The summed E-state index contributed by atoms with van der Waals surface area (Å²) >= 11 is 0. The van der Waals surface area contributed by atoms with E-state index in [4.69, 9.17) is 0 Å². The van der Waals surface area contributed by atoms with Gasteiger partial charge in [-0.05, 0) is 48.7 Å². The molecule has 0 spiro atoms. The van der Waals surface area contributed by atoms with Gasteiger partial charge in [0.1, 0.15) is 5.82 Å². The molecule has 6 heteroatoms. The van der Waals surface area contributed by atoms with Gasteiger partial charge in [-0.2, -0.15) is 0 Å². The minimum absolute atomic E-state index is 0.100. The lowest BCUT2D eigenvalue weighted by molar-refractivity contribution is 0.102. The molecule has 4 nitrogen and oxygen atoms in total. The van der Waals surface area contributed by atoms with Gasteiger partial charge in [0.25, 0.3) is 5.91 Å². The first-order valence-corrected chi connectivity index (χ1v) is 8.45. The fourth-order valence-corrected chi connectivity index (χ4v) is 4.00. The fraction of sp³-hybridized carbons (Fsp3) is 0.188. The van der Waals surface area contributed by atoms with Crippen LogP contribution in [0.25, 0.3) is 0 Å². The van der Waals surface area contributed by atoms with Crippen molar-refractivity contribution >= 4 is 21.4 Å². The van der Waals surface area contributed by atoms with E-state index in [2.05, 4.69) is 5.32 Å². The van der Waals surface area contributed by atoms with Gasteiger partial charge in [0.05, 0.1) is 10.6 Å². The van der Waals surface area contributed by atoms with E-state index in [1.165, 1.54) is 18.2 Å². The maximum atomic E-state index is 13.5. The molecular weight excluding hydrogens is 305 g/mol. The van der Waals surface area contributed by atoms with E-state index in [1.54, 1.807) is 19.1 Å². The SMILES string of the molecule is Cc1ccc(C(=O)Nc2ccc3c(c2)S(=O)(=O)CC3)cc1F. The molecule has 0 saturated heterocycles. The summed E-state index contributed by atoms with van der Waals surface area (Å²) in [5.74, 6) is -0.832. The minimum Gasteiger partial charge on any atom is -0.322 e. The monoisotopic (exact) mass is 319 g/mol. The molecule has 3 rings (SSSR count). The van der Waals surface area contributed by atoms with Gasteiger partial charge in [0.15, 0.2) is 9.84 Å². The summed E-state index contributed by atoms with van der Waals surface area (Å²) in [6.45, 7) is 1.61. The predicted molar refractivity (Wildman–Crippen MR) is 81.3 cm³/mol. The lowest BCUT2D eigenvalue weighted by Crippen LogP contribution is -2.12. The zero-order valence-electron chi connectivity index (χ0n) is 11.9. The van der Waals surface area contributed by atoms with Crippen LogP contribution in [-0.4, -0.2) is 20.1 Å². The number of halogens is 1. The number of nitrogens with one attached hydrogen (secondary N) is 1. The van der Waals surface area contributed by atoms with Crippen LogP contribution < -0.4 is 5.32 Å². The first kappa shape index (κ1) is 14.7. The van der Waals surface area contributed by atoms with Crippen LogP contribution in [0.2, 0.25) is 0 Å². The van der Waals surface area contributed by atoms with E-state index < -0.39 is 21.6 Å². The Morgan fingerprint density at radius 3 is 2.68 bits per heavy atom. The van der Waals surface area contributed by atoms with Crippen LogP contribution in [0, 0.1) is 12.7 Å². The van der Waals surface area contributed by atoms with E-state index >= 15 is 0 Å². The maximum absolute atomic E-state index is 13.5. The first-order valence-electron chi connectivity index (χ1n) is 6.80. The van der Waals surface area contributed by atoms with Gasteiger partial charge in [-0.15, -0.1) is 0 Å². The molecule has 1 heterocycles. The quantitative estimate of drug-likeness (QED) is 0.926. The molecule has 114 valence electrons. The first-order chi connectivity index (χ1) is 10.4. The highest BCUT2D eigenvalue weighted by atomic mass is 32.2. The van der Waals surface area contributed by atoms with E-state index in [9.17, 15) is 17.6 Å². The Bertz CT molecular complexity index is 875. The van der Waals surface area contributed by atoms with E-state index in [1.807, 2.05) is 0 Å². The normalized spacial score (nSPS) is 15.4. The molecule has 0 unspecified atom stereocenters. The lowest BCUT2D eigenvalue weighted by atomic mass is 10.1. The van der Waals surface area contributed by atoms with Crippen molar-refractivity contribution in [2.24, 2.45) is 0 Å². The Morgan fingerprint density at radius 1 is 1.18 bits per heavy atom. The van der Waals surface area contributed by atoms with Crippen molar-refractivity contribution in [3.8, 4) is 0 Å². The number of aryl methyl sites for hydroxylation is 2. The Kier molecular flexibility index (Phi) is 3.48. The number of rotatable bonds is 2. The molecular formula is C16H14FNO3S. The van der Waals surface area contributed by atoms with Crippen molar-refractivity contribution in [2.45, 2.75) is 18.2 Å². The van der Waals surface area contributed by atoms with Crippen molar-refractivity contribution in [3.05, 3.63) is 58.9 Å². The molecule has 22 heavy (non-hydrogen) atoms. The van der Waals surface area contributed by atoms with Crippen LogP contribution in [-0.2, 0) is 16.3 Å². The Labute approximate surface area is 127 Å². The summed E-state index contributed by atoms with van der Waals surface area (Å²) in [6.07, 6.45) is 0.495. The average molecular weight is 319 g/mol. The molecule has 0 aliphatic carbocycles. The summed E-state index contributed by atoms with van der Waals surface area (Å²) in [4.78, 5) is 12.4. The number of anilines is 1. The molecule has 1 aliphatic heterocycles. The van der Waals surface area contributed by atoms with Crippen LogP contribution in [0.4, 0.5) is 10.1 Å². The van der Waals surface area contributed by atoms with E-state index in [-0.39, 0.29) is 16.2 Å². The van der Waals surface area contributed by atoms with Crippen LogP contribution in [0.3, 0.4) is 0 Å². The molecule has 2 aromatic rings. The Hall–Kier alpha value is -2.21. The zero-order valence-corrected chi connectivity index (χ0v) is 12.7. The second kappa shape index (κ2) is 5.21. The molecule has 0 bridgehead atoms. The van der Waals surface area contributed by atoms with Gasteiger partial charge in [0, 0.05) is 11.3 Å². The fourth-order valence-electron chi connectivity index (χ4n) is 2.42. The van der Waals surface area contributed by atoms with Crippen molar-refractivity contribution < 1.29 is 17.6 Å². The second-order valence-electron chi connectivity index (χ2n) is 5.31. The summed E-state index contributed by atoms with van der Waals surface area (Å²) in [5, 5.41) is 2.60. The van der Waals surface area contributed by atoms with Crippen LogP contribution in [0.15, 0.2) is 41.3 Å². The molecule has 0 radical (unpaired) electrons. The second-order valence-corrected chi connectivity index (χ2v) is 7.39. The van der Waals surface area contributed by atoms with Crippen molar-refractivity contribution in [3.63, 3.8) is 0 Å². The van der Waals surface area contributed by atoms with E-state index in [0.717, 1.165) is 11.6 Å². The number of hydrogen-bond acceptors (Lipinski definition) is 3. The Morgan fingerprint density at radius 2 is 1.95 bits per heavy atom. The molecule has 0 fully saturated rings. The average Bonchev–Trinajstić information content (AvgIpc) is 2.77. The summed E-state index contributed by atoms with van der Waals surface area (Å²) in [5.41, 5.74) is 1.79. The maximum Gasteiger partial charge on any atom is 0.255 e. The summed E-state index contributed by atoms with van der Waals surface area (Å²) < 4.78 is 37.3. The van der Waals surface area contributed by atoms with Crippen molar-refractivity contribution in [1.82, 2.24) is 0 Å². The van der Waals surface area contributed by atoms with Gasteiger partial charge < -0.3 is 5.32 Å².